The van der Waals surface area contributed by atoms with Crippen LogP contribution in [-0.2, 0) is 6.42 Å². The fourth-order valence-electron chi connectivity index (χ4n) is 4.91. The Hall–Kier alpha value is -3.07. The Labute approximate surface area is 190 Å². The topological polar surface area (TPSA) is 71.8 Å². The summed E-state index contributed by atoms with van der Waals surface area (Å²) in [6.45, 7) is 5.09. The first-order valence-electron chi connectivity index (χ1n) is 11.2. The molecule has 9 heteroatoms. The zero-order valence-corrected chi connectivity index (χ0v) is 18.7. The van der Waals surface area contributed by atoms with Gasteiger partial charge in [0.15, 0.2) is 5.65 Å². The average molecular weight is 456 g/mol. The Kier molecular flexibility index (Phi) is 5.52. The first-order valence-corrected chi connectivity index (χ1v) is 11.2. The molecule has 1 fully saturated rings. The highest BCUT2D eigenvalue weighted by Crippen LogP contribution is 2.42. The van der Waals surface area contributed by atoms with Crippen molar-refractivity contribution in [1.29, 1.82) is 0 Å². The van der Waals surface area contributed by atoms with Crippen molar-refractivity contribution in [2.24, 2.45) is 0 Å². The molecule has 0 aliphatic carbocycles. The highest BCUT2D eigenvalue weighted by Gasteiger charge is 2.33. The molecule has 3 aromatic rings. The van der Waals surface area contributed by atoms with Crippen LogP contribution in [0.5, 0.6) is 5.75 Å². The average Bonchev–Trinajstić information content (AvgIpc) is 3.32. The van der Waals surface area contributed by atoms with E-state index in [1.165, 1.54) is 6.20 Å². The molecule has 1 amide bonds. The van der Waals surface area contributed by atoms with E-state index in [4.69, 9.17) is 4.74 Å². The van der Waals surface area contributed by atoms with Crippen LogP contribution in [0.1, 0.15) is 54.1 Å². The van der Waals surface area contributed by atoms with E-state index in [9.17, 15) is 13.6 Å². The first-order chi connectivity index (χ1) is 15.8. The lowest BCUT2D eigenvalue weighted by Crippen LogP contribution is -2.36. The second-order valence-electron chi connectivity index (χ2n) is 9.45. The molecule has 0 atom stereocenters. The van der Waals surface area contributed by atoms with Crippen molar-refractivity contribution in [2.45, 2.75) is 51.1 Å². The maximum absolute atomic E-state index is 13.2. The van der Waals surface area contributed by atoms with Gasteiger partial charge in [0.1, 0.15) is 16.9 Å². The van der Waals surface area contributed by atoms with Gasteiger partial charge in [0.05, 0.1) is 12.7 Å². The number of anilines is 1. The molecular formula is C24H27F2N5O2. The van der Waals surface area contributed by atoms with Crippen molar-refractivity contribution in [3.05, 3.63) is 53.5 Å². The maximum Gasteiger partial charge on any atom is 0.261 e. The Morgan fingerprint density at radius 3 is 2.85 bits per heavy atom. The molecule has 5 rings (SSSR count). The smallest absolute Gasteiger partial charge is 0.261 e. The molecule has 4 heterocycles. The van der Waals surface area contributed by atoms with Gasteiger partial charge in [-0.25, -0.2) is 18.3 Å². The number of amides is 1. The number of rotatable bonds is 5. The summed E-state index contributed by atoms with van der Waals surface area (Å²) in [5.74, 6) is 0.702. The summed E-state index contributed by atoms with van der Waals surface area (Å²) >= 11 is 0. The lowest BCUT2D eigenvalue weighted by molar-refractivity contribution is 0.0754. The molecule has 1 N–H and O–H groups in total. The van der Waals surface area contributed by atoms with Crippen LogP contribution in [0.2, 0.25) is 0 Å². The van der Waals surface area contributed by atoms with Crippen molar-refractivity contribution in [1.82, 2.24) is 19.5 Å². The standard InChI is InChI=1S/C24H27F2N5O2/c1-24(2)12-16-10-19(29-23(32)18-13-28-31-7-3-6-27-22(18)31)17(11-20(16)33-24)15-4-8-30(9-5-15)14-21(25)26/h3,6-7,10-11,13,15,21H,4-5,8-9,12,14H2,1-2H3,(H,29,32). The summed E-state index contributed by atoms with van der Waals surface area (Å²) in [5.41, 5.74) is 3.35. The van der Waals surface area contributed by atoms with Crippen LogP contribution in [0, 0.1) is 0 Å². The molecule has 0 spiro atoms. The summed E-state index contributed by atoms with van der Waals surface area (Å²) in [7, 11) is 0. The van der Waals surface area contributed by atoms with Crippen LogP contribution in [-0.4, -0.2) is 57.1 Å². The van der Waals surface area contributed by atoms with E-state index >= 15 is 0 Å². The fraction of sp³-hybridized carbons (Fsp3) is 0.458. The third-order valence-corrected chi connectivity index (χ3v) is 6.43. The second kappa shape index (κ2) is 8.37. The highest BCUT2D eigenvalue weighted by atomic mass is 19.3. The minimum atomic E-state index is -2.33. The van der Waals surface area contributed by atoms with E-state index in [2.05, 4.69) is 15.4 Å². The molecule has 0 radical (unpaired) electrons. The Morgan fingerprint density at radius 1 is 1.30 bits per heavy atom. The number of halogens is 2. The molecule has 1 saturated heterocycles. The van der Waals surface area contributed by atoms with Crippen LogP contribution < -0.4 is 10.1 Å². The second-order valence-corrected chi connectivity index (χ2v) is 9.45. The third kappa shape index (κ3) is 4.42. The molecule has 0 bridgehead atoms. The minimum Gasteiger partial charge on any atom is -0.487 e. The van der Waals surface area contributed by atoms with Gasteiger partial charge in [-0.05, 0) is 69.5 Å². The molecule has 1 aromatic carbocycles. The van der Waals surface area contributed by atoms with Crippen LogP contribution in [0.15, 0.2) is 36.8 Å². The molecule has 0 saturated carbocycles. The largest absolute Gasteiger partial charge is 0.487 e. The molecule has 0 unspecified atom stereocenters. The third-order valence-electron chi connectivity index (χ3n) is 6.43. The Bertz CT molecular complexity index is 1180. The summed E-state index contributed by atoms with van der Waals surface area (Å²) in [5, 5.41) is 7.29. The van der Waals surface area contributed by atoms with Crippen LogP contribution in [0.25, 0.3) is 5.65 Å². The fourth-order valence-corrected chi connectivity index (χ4v) is 4.91. The van der Waals surface area contributed by atoms with Gasteiger partial charge >= 0.3 is 0 Å². The van der Waals surface area contributed by atoms with Gasteiger partial charge in [0.2, 0.25) is 0 Å². The number of likely N-dealkylation sites (tertiary alicyclic amines) is 1. The quantitative estimate of drug-likeness (QED) is 0.626. The van der Waals surface area contributed by atoms with E-state index < -0.39 is 6.43 Å². The molecule has 33 heavy (non-hydrogen) atoms. The number of benzene rings is 1. The number of hydrogen-bond donors (Lipinski definition) is 1. The van der Waals surface area contributed by atoms with Crippen LogP contribution >= 0.6 is 0 Å². The van der Waals surface area contributed by atoms with E-state index in [1.54, 1.807) is 27.9 Å². The summed E-state index contributed by atoms with van der Waals surface area (Å²) in [4.78, 5) is 19.3. The van der Waals surface area contributed by atoms with Gasteiger partial charge in [-0.1, -0.05) is 0 Å². The molecule has 7 nitrogen and oxygen atoms in total. The summed E-state index contributed by atoms with van der Waals surface area (Å²) in [6, 6.07) is 5.78. The number of carbonyl (C=O) groups is 1. The van der Waals surface area contributed by atoms with Crippen LogP contribution in [0.3, 0.4) is 0 Å². The number of nitrogens with one attached hydrogen (secondary N) is 1. The van der Waals surface area contributed by atoms with Crippen molar-refractivity contribution in [3.8, 4) is 5.75 Å². The monoisotopic (exact) mass is 455 g/mol. The van der Waals surface area contributed by atoms with Gasteiger partial charge in [0, 0.05) is 30.1 Å². The molecule has 2 aromatic heterocycles. The molecule has 2 aliphatic rings. The number of carbonyl (C=O) groups excluding carboxylic acids is 1. The summed E-state index contributed by atoms with van der Waals surface area (Å²) in [6.07, 6.45) is 4.79. The van der Waals surface area contributed by atoms with Crippen molar-refractivity contribution < 1.29 is 18.3 Å². The number of hydrogen-bond acceptors (Lipinski definition) is 5. The SMILES string of the molecule is CC1(C)Cc2cc(NC(=O)c3cnn4cccnc34)c(C3CCN(CC(F)F)CC3)cc2O1. The Balaban J connectivity index is 1.44. The summed E-state index contributed by atoms with van der Waals surface area (Å²) < 4.78 is 33.3. The van der Waals surface area contributed by atoms with E-state index in [0.717, 1.165) is 41.8 Å². The minimum absolute atomic E-state index is 0.147. The van der Waals surface area contributed by atoms with Crippen molar-refractivity contribution in [2.75, 3.05) is 25.0 Å². The molecular weight excluding hydrogens is 428 g/mol. The van der Waals surface area contributed by atoms with Crippen molar-refractivity contribution >= 4 is 17.2 Å². The molecule has 2 aliphatic heterocycles. The van der Waals surface area contributed by atoms with Gasteiger partial charge in [0.25, 0.3) is 12.3 Å². The van der Waals surface area contributed by atoms with Gasteiger partial charge in [-0.2, -0.15) is 5.10 Å². The zero-order valence-electron chi connectivity index (χ0n) is 18.7. The number of alkyl halides is 2. The van der Waals surface area contributed by atoms with Gasteiger partial charge in [-0.3, -0.25) is 9.69 Å². The number of aromatic nitrogens is 3. The number of ether oxygens (including phenoxy) is 1. The zero-order chi connectivity index (χ0) is 23.2. The van der Waals surface area contributed by atoms with Gasteiger partial charge < -0.3 is 10.1 Å². The van der Waals surface area contributed by atoms with E-state index in [0.29, 0.717) is 24.3 Å². The van der Waals surface area contributed by atoms with E-state index in [1.807, 2.05) is 26.0 Å². The number of fused-ring (bicyclic) bond motifs is 2. The normalized spacial score (nSPS) is 18.5. The predicted molar refractivity (Wildman–Crippen MR) is 120 cm³/mol. The molecule has 174 valence electrons. The maximum atomic E-state index is 13.2. The van der Waals surface area contributed by atoms with E-state index in [-0.39, 0.29) is 24.0 Å². The first kappa shape index (κ1) is 21.8. The predicted octanol–water partition coefficient (Wildman–Crippen LogP) is 4.14. The Morgan fingerprint density at radius 2 is 2.09 bits per heavy atom. The van der Waals surface area contributed by atoms with Crippen molar-refractivity contribution in [3.63, 3.8) is 0 Å². The number of piperidine rings is 1. The highest BCUT2D eigenvalue weighted by molar-refractivity contribution is 6.08. The number of nitrogens with zero attached hydrogens (tertiary/aromatic N) is 4. The lowest BCUT2D eigenvalue weighted by atomic mass is 9.87. The van der Waals surface area contributed by atoms with Gasteiger partial charge in [-0.15, -0.1) is 0 Å². The van der Waals surface area contributed by atoms with Crippen LogP contribution in [0.4, 0.5) is 14.5 Å². The lowest BCUT2D eigenvalue weighted by Gasteiger charge is -2.33.